The molecular formula is C12H22O2. The topological polar surface area (TPSA) is 37.3 Å². The van der Waals surface area contributed by atoms with Crippen molar-refractivity contribution in [1.29, 1.82) is 0 Å². The van der Waals surface area contributed by atoms with Gasteiger partial charge in [-0.15, -0.1) is 0 Å². The second-order valence-corrected chi connectivity index (χ2v) is 6.45. The summed E-state index contributed by atoms with van der Waals surface area (Å²) in [7, 11) is 0. The number of aldehydes is 1. The lowest BCUT2D eigenvalue weighted by molar-refractivity contribution is -0.122. The quantitative estimate of drug-likeness (QED) is 0.692. The average molecular weight is 198 g/mol. The first kappa shape index (κ1) is 11.7. The largest absolute Gasteiger partial charge is 0.389 e. The van der Waals surface area contributed by atoms with Crippen LogP contribution in [0.5, 0.6) is 0 Å². The molecular weight excluding hydrogens is 176 g/mol. The van der Waals surface area contributed by atoms with Crippen molar-refractivity contribution in [3.05, 3.63) is 0 Å². The zero-order chi connectivity index (χ0) is 11.0. The smallest absolute Gasteiger partial charge is 0.122 e. The van der Waals surface area contributed by atoms with Crippen molar-refractivity contribution in [2.45, 2.75) is 59.0 Å². The fourth-order valence-corrected chi connectivity index (χ4v) is 3.56. The van der Waals surface area contributed by atoms with Gasteiger partial charge in [0.05, 0.1) is 5.60 Å². The fraction of sp³-hybridized carbons (Fsp3) is 0.917. The van der Waals surface area contributed by atoms with Gasteiger partial charge >= 0.3 is 0 Å². The van der Waals surface area contributed by atoms with Gasteiger partial charge < -0.3 is 9.90 Å². The Hall–Kier alpha value is -0.370. The molecule has 0 aliphatic heterocycles. The molecule has 1 aliphatic carbocycles. The van der Waals surface area contributed by atoms with Crippen molar-refractivity contribution in [2.75, 3.05) is 0 Å². The highest BCUT2D eigenvalue weighted by Gasteiger charge is 2.45. The Morgan fingerprint density at radius 1 is 1.07 bits per heavy atom. The van der Waals surface area contributed by atoms with Crippen LogP contribution in [0.2, 0.25) is 0 Å². The van der Waals surface area contributed by atoms with E-state index < -0.39 is 5.60 Å². The third kappa shape index (κ3) is 2.81. The van der Waals surface area contributed by atoms with Gasteiger partial charge in [-0.3, -0.25) is 0 Å². The Morgan fingerprint density at radius 3 is 1.86 bits per heavy atom. The lowest BCUT2D eigenvalue weighted by atomic mass is 9.59. The lowest BCUT2D eigenvalue weighted by Gasteiger charge is -2.49. The van der Waals surface area contributed by atoms with Crippen LogP contribution in [0.3, 0.4) is 0 Å². The fourth-order valence-electron chi connectivity index (χ4n) is 3.56. The van der Waals surface area contributed by atoms with Crippen LogP contribution < -0.4 is 0 Å². The van der Waals surface area contributed by atoms with E-state index in [0.717, 1.165) is 25.5 Å². The first-order valence-corrected chi connectivity index (χ1v) is 5.34. The summed E-state index contributed by atoms with van der Waals surface area (Å²) in [5.41, 5.74) is -0.494. The zero-order valence-corrected chi connectivity index (χ0v) is 9.76. The molecule has 1 N–H and O–H groups in total. The van der Waals surface area contributed by atoms with E-state index >= 15 is 0 Å². The molecule has 2 heteroatoms. The van der Waals surface area contributed by atoms with Crippen molar-refractivity contribution in [1.82, 2.24) is 0 Å². The third-order valence-corrected chi connectivity index (χ3v) is 3.04. The first-order chi connectivity index (χ1) is 6.18. The molecule has 1 rings (SSSR count). The normalized spacial score (nSPS) is 28.4. The first-order valence-electron chi connectivity index (χ1n) is 5.34. The van der Waals surface area contributed by atoms with Gasteiger partial charge in [0.1, 0.15) is 6.29 Å². The summed E-state index contributed by atoms with van der Waals surface area (Å²) in [5.74, 6) is 0. The number of rotatable bonds is 2. The molecule has 0 unspecified atom stereocenters. The molecule has 82 valence electrons. The summed E-state index contributed by atoms with van der Waals surface area (Å²) < 4.78 is 0. The van der Waals surface area contributed by atoms with Gasteiger partial charge in [0, 0.05) is 6.42 Å². The summed E-state index contributed by atoms with van der Waals surface area (Å²) >= 11 is 0. The molecule has 0 spiro atoms. The van der Waals surface area contributed by atoms with Gasteiger partial charge in [0.2, 0.25) is 0 Å². The van der Waals surface area contributed by atoms with Crippen molar-refractivity contribution in [3.63, 3.8) is 0 Å². The van der Waals surface area contributed by atoms with E-state index in [1.165, 1.54) is 0 Å². The minimum atomic E-state index is -0.771. The lowest BCUT2D eigenvalue weighted by Crippen LogP contribution is -2.46. The maximum absolute atomic E-state index is 10.5. The molecule has 0 amide bonds. The Balaban J connectivity index is 2.85. The number of carbonyl (C=O) groups excluding carboxylic acids is 1. The maximum atomic E-state index is 10.5. The van der Waals surface area contributed by atoms with Gasteiger partial charge in [0.25, 0.3) is 0 Å². The number of hydrogen-bond acceptors (Lipinski definition) is 2. The minimum absolute atomic E-state index is 0.138. The molecule has 0 saturated heterocycles. The highest BCUT2D eigenvalue weighted by atomic mass is 16.3. The molecule has 14 heavy (non-hydrogen) atoms. The SMILES string of the molecule is CC1(C)CC(C)(C)CC(O)(CC=O)C1. The van der Waals surface area contributed by atoms with E-state index in [9.17, 15) is 9.90 Å². The van der Waals surface area contributed by atoms with Gasteiger partial charge in [-0.2, -0.15) is 0 Å². The van der Waals surface area contributed by atoms with Crippen LogP contribution in [0.1, 0.15) is 53.4 Å². The number of carbonyl (C=O) groups is 1. The van der Waals surface area contributed by atoms with Crippen molar-refractivity contribution in [2.24, 2.45) is 10.8 Å². The van der Waals surface area contributed by atoms with Crippen LogP contribution in [0.4, 0.5) is 0 Å². The Kier molecular flexibility index (Phi) is 2.79. The third-order valence-electron chi connectivity index (χ3n) is 3.04. The van der Waals surface area contributed by atoms with E-state index in [-0.39, 0.29) is 17.3 Å². The highest BCUT2D eigenvalue weighted by Crippen LogP contribution is 2.50. The van der Waals surface area contributed by atoms with Gasteiger partial charge in [-0.1, -0.05) is 27.7 Å². The van der Waals surface area contributed by atoms with Crippen LogP contribution in [0.25, 0.3) is 0 Å². The highest BCUT2D eigenvalue weighted by molar-refractivity contribution is 5.51. The van der Waals surface area contributed by atoms with Crippen molar-refractivity contribution in [3.8, 4) is 0 Å². The molecule has 1 aliphatic rings. The molecule has 0 aromatic rings. The van der Waals surface area contributed by atoms with E-state index in [1.54, 1.807) is 0 Å². The molecule has 0 atom stereocenters. The van der Waals surface area contributed by atoms with Crippen molar-refractivity contribution >= 4 is 6.29 Å². The summed E-state index contributed by atoms with van der Waals surface area (Å²) in [6.45, 7) is 8.68. The predicted molar refractivity (Wildman–Crippen MR) is 57.0 cm³/mol. The van der Waals surface area contributed by atoms with Gasteiger partial charge in [-0.25, -0.2) is 0 Å². The van der Waals surface area contributed by atoms with E-state index in [4.69, 9.17) is 0 Å². The van der Waals surface area contributed by atoms with E-state index in [1.807, 2.05) is 0 Å². The number of hydrogen-bond donors (Lipinski definition) is 1. The van der Waals surface area contributed by atoms with Crippen LogP contribution in [0.15, 0.2) is 0 Å². The monoisotopic (exact) mass is 198 g/mol. The zero-order valence-electron chi connectivity index (χ0n) is 9.76. The molecule has 1 saturated carbocycles. The van der Waals surface area contributed by atoms with E-state index in [2.05, 4.69) is 27.7 Å². The van der Waals surface area contributed by atoms with Crippen LogP contribution in [-0.2, 0) is 4.79 Å². The number of aliphatic hydroxyl groups is 1. The van der Waals surface area contributed by atoms with Crippen LogP contribution in [-0.4, -0.2) is 17.0 Å². The summed E-state index contributed by atoms with van der Waals surface area (Å²) in [6, 6.07) is 0. The Morgan fingerprint density at radius 2 is 1.50 bits per heavy atom. The molecule has 0 heterocycles. The summed E-state index contributed by atoms with van der Waals surface area (Å²) in [5, 5.41) is 10.3. The van der Waals surface area contributed by atoms with Gasteiger partial charge in [-0.05, 0) is 30.1 Å². The standard InChI is InChI=1S/C12H22O2/c1-10(2)7-11(3,4)9-12(14,8-10)5-6-13/h6,14H,5,7-9H2,1-4H3. The second kappa shape index (κ2) is 3.34. The Labute approximate surface area is 86.7 Å². The molecule has 0 bridgehead atoms. The van der Waals surface area contributed by atoms with Gasteiger partial charge in [0.15, 0.2) is 0 Å². The predicted octanol–water partition coefficient (Wildman–Crippen LogP) is 2.54. The average Bonchev–Trinajstić information content (AvgIpc) is 1.75. The molecule has 2 nitrogen and oxygen atoms in total. The summed E-state index contributed by atoms with van der Waals surface area (Å²) in [4.78, 5) is 10.5. The van der Waals surface area contributed by atoms with Crippen molar-refractivity contribution < 1.29 is 9.90 Å². The van der Waals surface area contributed by atoms with Crippen LogP contribution in [0, 0.1) is 10.8 Å². The molecule has 1 fully saturated rings. The molecule has 0 aromatic heterocycles. The second-order valence-electron chi connectivity index (χ2n) is 6.45. The van der Waals surface area contributed by atoms with Crippen LogP contribution >= 0.6 is 0 Å². The molecule has 0 aromatic carbocycles. The maximum Gasteiger partial charge on any atom is 0.122 e. The Bertz CT molecular complexity index is 212. The summed E-state index contributed by atoms with van der Waals surface area (Å²) in [6.07, 6.45) is 3.71. The van der Waals surface area contributed by atoms with E-state index in [0.29, 0.717) is 0 Å². The minimum Gasteiger partial charge on any atom is -0.389 e. The molecule has 0 radical (unpaired) electrons.